The number of anilines is 1. The van der Waals surface area contributed by atoms with E-state index in [4.69, 9.17) is 5.26 Å². The molecule has 0 radical (unpaired) electrons. The van der Waals surface area contributed by atoms with Crippen molar-refractivity contribution in [2.75, 3.05) is 11.4 Å². The smallest absolute Gasteiger partial charge is 0.367 e. The van der Waals surface area contributed by atoms with Gasteiger partial charge in [-0.1, -0.05) is 15.9 Å². The van der Waals surface area contributed by atoms with Gasteiger partial charge in [0.25, 0.3) is 0 Å². The molecule has 1 aliphatic rings. The first-order chi connectivity index (χ1) is 8.93. The molecule has 6 heteroatoms. The molecule has 0 amide bonds. The Bertz CT molecular complexity index is 504. The van der Waals surface area contributed by atoms with E-state index in [1.54, 1.807) is 11.0 Å². The first kappa shape index (κ1) is 14.2. The van der Waals surface area contributed by atoms with Gasteiger partial charge in [0, 0.05) is 22.7 Å². The number of halogens is 4. The first-order valence-electron chi connectivity index (χ1n) is 5.94. The number of hydrogen-bond donors (Lipinski definition) is 0. The number of nitriles is 1. The average Bonchev–Trinajstić information content (AvgIpc) is 3.14. The van der Waals surface area contributed by atoms with E-state index < -0.39 is 11.7 Å². The van der Waals surface area contributed by atoms with Crippen LogP contribution in [0.1, 0.15) is 24.8 Å². The van der Waals surface area contributed by atoms with Crippen LogP contribution >= 0.6 is 15.9 Å². The quantitative estimate of drug-likeness (QED) is 0.819. The molecule has 0 spiro atoms. The van der Waals surface area contributed by atoms with E-state index in [0.717, 1.165) is 18.9 Å². The lowest BCUT2D eigenvalue weighted by Gasteiger charge is -2.27. The van der Waals surface area contributed by atoms with Gasteiger partial charge in [-0.15, -0.1) is 0 Å². The molecular weight excluding hydrogens is 321 g/mol. The fourth-order valence-corrected chi connectivity index (χ4v) is 2.40. The third-order valence-corrected chi connectivity index (χ3v) is 3.52. The van der Waals surface area contributed by atoms with Crippen LogP contribution in [0.2, 0.25) is 0 Å². The molecule has 19 heavy (non-hydrogen) atoms. The molecule has 102 valence electrons. The highest BCUT2D eigenvalue weighted by Crippen LogP contribution is 2.41. The molecule has 1 saturated carbocycles. The van der Waals surface area contributed by atoms with Crippen LogP contribution in [0.25, 0.3) is 0 Å². The van der Waals surface area contributed by atoms with E-state index in [1.807, 2.05) is 6.07 Å². The Labute approximate surface area is 117 Å². The van der Waals surface area contributed by atoms with E-state index in [2.05, 4.69) is 15.9 Å². The maximum absolute atomic E-state index is 13.1. The Morgan fingerprint density at radius 2 is 2.05 bits per heavy atom. The summed E-state index contributed by atoms with van der Waals surface area (Å²) in [7, 11) is 0. The molecule has 0 N–H and O–H groups in total. The second-order valence-electron chi connectivity index (χ2n) is 4.49. The van der Waals surface area contributed by atoms with Crippen LogP contribution in [0, 0.1) is 11.3 Å². The molecule has 2 rings (SSSR count). The largest absolute Gasteiger partial charge is 0.418 e. The maximum atomic E-state index is 13.1. The summed E-state index contributed by atoms with van der Waals surface area (Å²) >= 11 is 3.07. The molecule has 1 aromatic rings. The zero-order chi connectivity index (χ0) is 14.0. The Morgan fingerprint density at radius 3 is 2.58 bits per heavy atom. The predicted molar refractivity (Wildman–Crippen MR) is 69.7 cm³/mol. The van der Waals surface area contributed by atoms with Crippen molar-refractivity contribution in [3.05, 3.63) is 28.2 Å². The van der Waals surface area contributed by atoms with Crippen molar-refractivity contribution in [3.63, 3.8) is 0 Å². The molecule has 0 atom stereocenters. The summed E-state index contributed by atoms with van der Waals surface area (Å²) in [4.78, 5) is 1.71. The fourth-order valence-electron chi connectivity index (χ4n) is 2.04. The Kier molecular flexibility index (Phi) is 4.04. The van der Waals surface area contributed by atoms with Crippen LogP contribution in [0.15, 0.2) is 22.7 Å². The molecule has 0 aliphatic heterocycles. The number of alkyl halides is 3. The molecule has 0 aromatic heterocycles. The van der Waals surface area contributed by atoms with E-state index in [-0.39, 0.29) is 18.2 Å². The highest BCUT2D eigenvalue weighted by molar-refractivity contribution is 9.10. The van der Waals surface area contributed by atoms with Gasteiger partial charge in [-0.2, -0.15) is 18.4 Å². The van der Waals surface area contributed by atoms with Gasteiger partial charge in [-0.3, -0.25) is 0 Å². The van der Waals surface area contributed by atoms with E-state index in [0.29, 0.717) is 11.0 Å². The van der Waals surface area contributed by atoms with Crippen LogP contribution in [0.4, 0.5) is 18.9 Å². The van der Waals surface area contributed by atoms with Crippen LogP contribution < -0.4 is 4.90 Å². The summed E-state index contributed by atoms with van der Waals surface area (Å²) in [6, 6.07) is 6.30. The third kappa shape index (κ3) is 3.41. The Hall–Kier alpha value is -1.22. The molecule has 1 aromatic carbocycles. The minimum absolute atomic E-state index is 0.135. The first-order valence-corrected chi connectivity index (χ1v) is 6.73. The summed E-state index contributed by atoms with van der Waals surface area (Å²) in [6.07, 6.45) is -2.39. The van der Waals surface area contributed by atoms with Crippen molar-refractivity contribution in [1.82, 2.24) is 0 Å². The Morgan fingerprint density at radius 1 is 1.37 bits per heavy atom. The van der Waals surface area contributed by atoms with Crippen molar-refractivity contribution in [1.29, 1.82) is 5.26 Å². The van der Waals surface area contributed by atoms with Gasteiger partial charge in [0.2, 0.25) is 0 Å². The lowest BCUT2D eigenvalue weighted by Crippen LogP contribution is -2.29. The van der Waals surface area contributed by atoms with Gasteiger partial charge < -0.3 is 4.90 Å². The van der Waals surface area contributed by atoms with E-state index >= 15 is 0 Å². The SMILES string of the molecule is N#CCCN(c1ccc(Br)cc1C(F)(F)F)C1CC1. The van der Waals surface area contributed by atoms with Crippen molar-refractivity contribution >= 4 is 21.6 Å². The van der Waals surface area contributed by atoms with Gasteiger partial charge >= 0.3 is 6.18 Å². The molecular formula is C13H12BrF3N2. The second-order valence-corrected chi connectivity index (χ2v) is 5.41. The molecule has 0 unspecified atom stereocenters. The minimum Gasteiger partial charge on any atom is -0.367 e. The molecule has 1 aliphatic carbocycles. The normalized spacial score (nSPS) is 15.1. The summed E-state index contributed by atoms with van der Waals surface area (Å²) < 4.78 is 39.6. The zero-order valence-corrected chi connectivity index (χ0v) is 11.6. The molecule has 0 saturated heterocycles. The number of benzene rings is 1. The maximum Gasteiger partial charge on any atom is 0.418 e. The highest BCUT2D eigenvalue weighted by atomic mass is 79.9. The number of rotatable bonds is 4. The van der Waals surface area contributed by atoms with Gasteiger partial charge in [0.15, 0.2) is 0 Å². The topological polar surface area (TPSA) is 27.0 Å². The van der Waals surface area contributed by atoms with Gasteiger partial charge in [-0.25, -0.2) is 0 Å². The summed E-state index contributed by atoms with van der Waals surface area (Å²) in [6.45, 7) is 0.339. The predicted octanol–water partition coefficient (Wildman–Crippen LogP) is 4.35. The van der Waals surface area contributed by atoms with Crippen LogP contribution in [-0.4, -0.2) is 12.6 Å². The van der Waals surface area contributed by atoms with Gasteiger partial charge in [0.05, 0.1) is 18.1 Å². The van der Waals surface area contributed by atoms with Crippen molar-refractivity contribution in [2.45, 2.75) is 31.5 Å². The molecule has 1 fully saturated rings. The van der Waals surface area contributed by atoms with E-state index in [9.17, 15) is 13.2 Å². The number of hydrogen-bond acceptors (Lipinski definition) is 2. The highest BCUT2D eigenvalue weighted by Gasteiger charge is 2.38. The molecule has 2 nitrogen and oxygen atoms in total. The standard InChI is InChI=1S/C13H12BrF3N2/c14-9-2-5-12(11(8-9)13(15,16)17)19(7-1-6-18)10-3-4-10/h2,5,8,10H,1,3-4,7H2. The van der Waals surface area contributed by atoms with Crippen LogP contribution in [0.3, 0.4) is 0 Å². The van der Waals surface area contributed by atoms with Crippen LogP contribution in [0.5, 0.6) is 0 Å². The van der Waals surface area contributed by atoms with Crippen molar-refractivity contribution < 1.29 is 13.2 Å². The van der Waals surface area contributed by atoms with Gasteiger partial charge in [0.1, 0.15) is 0 Å². The lowest BCUT2D eigenvalue weighted by molar-refractivity contribution is -0.137. The van der Waals surface area contributed by atoms with Crippen molar-refractivity contribution in [3.8, 4) is 6.07 Å². The third-order valence-electron chi connectivity index (χ3n) is 3.03. The molecule has 0 heterocycles. The minimum atomic E-state index is -4.39. The summed E-state index contributed by atoms with van der Waals surface area (Å²) in [5, 5.41) is 8.63. The van der Waals surface area contributed by atoms with Gasteiger partial charge in [-0.05, 0) is 31.0 Å². The fraction of sp³-hybridized carbons (Fsp3) is 0.462. The Balaban J connectivity index is 2.38. The average molecular weight is 333 g/mol. The van der Waals surface area contributed by atoms with Crippen LogP contribution in [-0.2, 0) is 6.18 Å². The summed E-state index contributed by atoms with van der Waals surface area (Å²) in [5.41, 5.74) is -0.472. The van der Waals surface area contributed by atoms with Crippen molar-refractivity contribution in [2.24, 2.45) is 0 Å². The van der Waals surface area contributed by atoms with E-state index in [1.165, 1.54) is 6.07 Å². The second kappa shape index (κ2) is 5.41. The number of nitrogens with zero attached hydrogens (tertiary/aromatic N) is 2. The molecule has 0 bridgehead atoms. The summed E-state index contributed by atoms with van der Waals surface area (Å²) in [5.74, 6) is 0. The monoisotopic (exact) mass is 332 g/mol. The zero-order valence-electron chi connectivity index (χ0n) is 10.0. The lowest BCUT2D eigenvalue weighted by atomic mass is 10.1.